The van der Waals surface area contributed by atoms with Crippen LogP contribution in [-0.4, -0.2) is 19.5 Å². The Balaban J connectivity index is 1.88. The zero-order valence-electron chi connectivity index (χ0n) is 12.1. The summed E-state index contributed by atoms with van der Waals surface area (Å²) in [6.07, 6.45) is 5.51. The fraction of sp³-hybridized carbons (Fsp3) is 0.529. The van der Waals surface area contributed by atoms with Gasteiger partial charge in [0.25, 0.3) is 0 Å². The maximum absolute atomic E-state index is 13.2. The van der Waals surface area contributed by atoms with Gasteiger partial charge in [-0.05, 0) is 44.2 Å². The molecule has 1 aromatic rings. The van der Waals surface area contributed by atoms with Crippen LogP contribution in [0.25, 0.3) is 0 Å². The summed E-state index contributed by atoms with van der Waals surface area (Å²) >= 11 is 0. The largest absolute Gasteiger partial charge is 0.353 e. The molecule has 0 amide bonds. The van der Waals surface area contributed by atoms with Crippen molar-refractivity contribution in [3.05, 3.63) is 47.8 Å². The van der Waals surface area contributed by atoms with Crippen LogP contribution in [0.1, 0.15) is 31.7 Å². The predicted molar refractivity (Wildman–Crippen MR) is 78.0 cm³/mol. The molecular weight excluding hydrogens is 255 g/mol. The third-order valence-electron chi connectivity index (χ3n) is 3.44. The van der Waals surface area contributed by atoms with Gasteiger partial charge in [-0.25, -0.2) is 4.39 Å². The Hall–Kier alpha value is -1.19. The van der Waals surface area contributed by atoms with E-state index in [2.05, 4.69) is 12.1 Å². The number of hydrogen-bond acceptors (Lipinski definition) is 2. The summed E-state index contributed by atoms with van der Waals surface area (Å²) in [5, 5.41) is 0. The van der Waals surface area contributed by atoms with Gasteiger partial charge in [0.15, 0.2) is 6.29 Å². The Morgan fingerprint density at radius 2 is 2.20 bits per heavy atom. The van der Waals surface area contributed by atoms with Crippen molar-refractivity contribution in [1.82, 2.24) is 0 Å². The Kier molecular flexibility index (Phi) is 6.22. The Morgan fingerprint density at radius 3 is 2.85 bits per heavy atom. The molecule has 1 saturated heterocycles. The number of hydrogen-bond donors (Lipinski definition) is 0. The molecule has 3 heteroatoms. The van der Waals surface area contributed by atoms with E-state index in [4.69, 9.17) is 9.47 Å². The molecule has 0 aromatic heterocycles. The minimum Gasteiger partial charge on any atom is -0.353 e. The van der Waals surface area contributed by atoms with Crippen LogP contribution >= 0.6 is 0 Å². The second-order valence-corrected chi connectivity index (χ2v) is 5.33. The van der Waals surface area contributed by atoms with Crippen LogP contribution in [0.4, 0.5) is 4.39 Å². The van der Waals surface area contributed by atoms with Gasteiger partial charge in [0, 0.05) is 12.5 Å². The molecule has 0 saturated carbocycles. The Bertz CT molecular complexity index is 406. The van der Waals surface area contributed by atoms with Gasteiger partial charge in [-0.3, -0.25) is 0 Å². The molecule has 2 atom stereocenters. The lowest BCUT2D eigenvalue weighted by Crippen LogP contribution is -2.25. The van der Waals surface area contributed by atoms with Crippen molar-refractivity contribution in [2.45, 2.75) is 38.9 Å². The zero-order valence-corrected chi connectivity index (χ0v) is 12.1. The number of benzene rings is 1. The average molecular weight is 278 g/mol. The van der Waals surface area contributed by atoms with Crippen molar-refractivity contribution in [2.24, 2.45) is 5.92 Å². The Labute approximate surface area is 120 Å². The van der Waals surface area contributed by atoms with E-state index in [1.807, 2.05) is 18.2 Å². The van der Waals surface area contributed by atoms with Crippen LogP contribution in [0.2, 0.25) is 0 Å². The maximum atomic E-state index is 13.2. The lowest BCUT2D eigenvalue weighted by molar-refractivity contribution is -0.166. The van der Waals surface area contributed by atoms with Crippen LogP contribution < -0.4 is 0 Å². The van der Waals surface area contributed by atoms with Gasteiger partial charge in [-0.15, -0.1) is 0 Å². The highest BCUT2D eigenvalue weighted by Gasteiger charge is 2.16. The molecule has 1 unspecified atom stereocenters. The van der Waals surface area contributed by atoms with Crippen molar-refractivity contribution in [1.29, 1.82) is 0 Å². The molecule has 0 spiro atoms. The first-order valence-corrected chi connectivity index (χ1v) is 7.35. The third-order valence-corrected chi connectivity index (χ3v) is 3.44. The van der Waals surface area contributed by atoms with Crippen LogP contribution in [0.3, 0.4) is 0 Å². The molecule has 0 N–H and O–H groups in total. The molecule has 0 aliphatic carbocycles. The van der Waals surface area contributed by atoms with E-state index in [9.17, 15) is 4.39 Å². The van der Waals surface area contributed by atoms with E-state index in [0.717, 1.165) is 32.3 Å². The lowest BCUT2D eigenvalue weighted by Gasteiger charge is -2.24. The molecule has 0 radical (unpaired) electrons. The fourth-order valence-electron chi connectivity index (χ4n) is 2.48. The van der Waals surface area contributed by atoms with Crippen LogP contribution in [0.5, 0.6) is 0 Å². The highest BCUT2D eigenvalue weighted by Crippen LogP contribution is 2.18. The first kappa shape index (κ1) is 15.2. The highest BCUT2D eigenvalue weighted by atomic mass is 19.1. The van der Waals surface area contributed by atoms with Crippen molar-refractivity contribution < 1.29 is 13.9 Å². The van der Waals surface area contributed by atoms with E-state index in [0.29, 0.717) is 6.61 Å². The summed E-state index contributed by atoms with van der Waals surface area (Å²) in [6.45, 7) is 2.75. The maximum Gasteiger partial charge on any atom is 0.157 e. The lowest BCUT2D eigenvalue weighted by atomic mass is 9.99. The van der Waals surface area contributed by atoms with Crippen molar-refractivity contribution in [3.63, 3.8) is 0 Å². The number of allylic oxidation sites excluding steroid dienone is 1. The SMILES string of the molecule is CC(F)=C[C@H](COC1CCCCO1)Cc1ccccc1. The summed E-state index contributed by atoms with van der Waals surface area (Å²) in [5.74, 6) is -0.105. The third kappa shape index (κ3) is 5.43. The standard InChI is InChI=1S/C17H23FO2/c1-14(18)11-16(12-15-7-3-2-4-8-15)13-20-17-9-5-6-10-19-17/h2-4,7-8,11,16-17H,5-6,9-10,12-13H2,1H3/t16-,17?/m0/s1. The van der Waals surface area contributed by atoms with Gasteiger partial charge in [0.1, 0.15) is 0 Å². The zero-order chi connectivity index (χ0) is 14.2. The summed E-state index contributed by atoms with van der Waals surface area (Å²) in [4.78, 5) is 0. The predicted octanol–water partition coefficient (Wildman–Crippen LogP) is 4.26. The summed E-state index contributed by atoms with van der Waals surface area (Å²) < 4.78 is 24.5. The molecule has 0 bridgehead atoms. The molecule has 20 heavy (non-hydrogen) atoms. The number of rotatable bonds is 6. The van der Waals surface area contributed by atoms with Crippen molar-refractivity contribution >= 4 is 0 Å². The van der Waals surface area contributed by atoms with Crippen molar-refractivity contribution in [2.75, 3.05) is 13.2 Å². The molecule has 110 valence electrons. The minimum absolute atomic E-state index is 0.0490. The fourth-order valence-corrected chi connectivity index (χ4v) is 2.48. The molecule has 1 fully saturated rings. The van der Waals surface area contributed by atoms with E-state index in [-0.39, 0.29) is 18.0 Å². The van der Waals surface area contributed by atoms with Gasteiger partial charge >= 0.3 is 0 Å². The van der Waals surface area contributed by atoms with E-state index >= 15 is 0 Å². The van der Waals surface area contributed by atoms with E-state index in [1.54, 1.807) is 6.08 Å². The van der Waals surface area contributed by atoms with Gasteiger partial charge in [-0.2, -0.15) is 0 Å². The van der Waals surface area contributed by atoms with Crippen LogP contribution in [0, 0.1) is 5.92 Å². The normalized spacial score (nSPS) is 21.7. The summed E-state index contributed by atoms with van der Waals surface area (Å²) in [5.41, 5.74) is 1.20. The Morgan fingerprint density at radius 1 is 1.40 bits per heavy atom. The summed E-state index contributed by atoms with van der Waals surface area (Å²) in [7, 11) is 0. The number of halogens is 1. The van der Waals surface area contributed by atoms with Crippen LogP contribution in [-0.2, 0) is 15.9 Å². The topological polar surface area (TPSA) is 18.5 Å². The van der Waals surface area contributed by atoms with E-state index < -0.39 is 0 Å². The molecular formula is C17H23FO2. The van der Waals surface area contributed by atoms with Gasteiger partial charge in [0.05, 0.1) is 12.4 Å². The monoisotopic (exact) mass is 278 g/mol. The summed E-state index contributed by atoms with van der Waals surface area (Å²) in [6, 6.07) is 10.1. The highest BCUT2D eigenvalue weighted by molar-refractivity contribution is 5.16. The molecule has 2 rings (SSSR count). The molecule has 1 aliphatic heterocycles. The van der Waals surface area contributed by atoms with E-state index in [1.165, 1.54) is 12.5 Å². The van der Waals surface area contributed by atoms with Crippen LogP contribution in [0.15, 0.2) is 42.2 Å². The molecule has 1 heterocycles. The quantitative estimate of drug-likeness (QED) is 0.774. The first-order valence-electron chi connectivity index (χ1n) is 7.35. The van der Waals surface area contributed by atoms with Crippen molar-refractivity contribution in [3.8, 4) is 0 Å². The average Bonchev–Trinajstić information content (AvgIpc) is 2.46. The van der Waals surface area contributed by atoms with Gasteiger partial charge in [0.2, 0.25) is 0 Å². The minimum atomic E-state index is -0.154. The second-order valence-electron chi connectivity index (χ2n) is 5.33. The number of ether oxygens (including phenoxy) is 2. The molecule has 2 nitrogen and oxygen atoms in total. The second kappa shape index (κ2) is 8.18. The van der Waals surface area contributed by atoms with Gasteiger partial charge < -0.3 is 9.47 Å². The molecule has 1 aliphatic rings. The first-order chi connectivity index (χ1) is 9.74. The smallest absolute Gasteiger partial charge is 0.157 e. The molecule has 1 aromatic carbocycles. The van der Waals surface area contributed by atoms with Gasteiger partial charge in [-0.1, -0.05) is 30.3 Å².